The van der Waals surface area contributed by atoms with Crippen LogP contribution in [0, 0.1) is 0 Å². The molecule has 1 atom stereocenters. The lowest BCUT2D eigenvalue weighted by Gasteiger charge is -2.36. The topological polar surface area (TPSA) is 258 Å². The van der Waals surface area contributed by atoms with Gasteiger partial charge < -0.3 is 31.3 Å². The van der Waals surface area contributed by atoms with Crippen LogP contribution in [0.3, 0.4) is 0 Å². The van der Waals surface area contributed by atoms with Gasteiger partial charge in [0.1, 0.15) is 17.0 Å². The zero-order valence-electron chi connectivity index (χ0n) is 39.2. The van der Waals surface area contributed by atoms with Crippen LogP contribution >= 0.6 is 0 Å². The maximum absolute atomic E-state index is 13.4. The van der Waals surface area contributed by atoms with E-state index in [0.717, 1.165) is 49.0 Å². The molecule has 21 heteroatoms. The summed E-state index contributed by atoms with van der Waals surface area (Å²) in [5.41, 5.74) is 1.90. The Hall–Kier alpha value is -7.78. The summed E-state index contributed by atoms with van der Waals surface area (Å²) in [4.78, 5) is 108. The number of benzene rings is 2. The fraction of sp³-hybridized carbons (Fsp3) is 0.388. The number of nitrogens with zero attached hydrogens (tertiary/aromatic N) is 8. The van der Waals surface area contributed by atoms with Gasteiger partial charge in [0, 0.05) is 88.3 Å². The van der Waals surface area contributed by atoms with Gasteiger partial charge in [0.05, 0.1) is 23.4 Å². The predicted molar refractivity (Wildman–Crippen MR) is 261 cm³/mol. The van der Waals surface area contributed by atoms with Crippen molar-refractivity contribution in [3.05, 3.63) is 107 Å². The predicted octanol–water partition coefficient (Wildman–Crippen LogP) is 2.56. The lowest BCUT2D eigenvalue weighted by Crippen LogP contribution is -2.54. The summed E-state index contributed by atoms with van der Waals surface area (Å²) in [5, 5.41) is 25.2. The van der Waals surface area contributed by atoms with Crippen LogP contribution in [0.25, 0.3) is 16.9 Å². The summed E-state index contributed by atoms with van der Waals surface area (Å²) in [6, 6.07) is 17.0. The molecule has 8 rings (SSSR count). The second kappa shape index (κ2) is 21.2. The van der Waals surface area contributed by atoms with Crippen molar-refractivity contribution >= 4 is 69.5 Å². The molecular weight excluding hydrogens is 899 g/mol. The van der Waals surface area contributed by atoms with Crippen molar-refractivity contribution in [1.82, 2.24) is 50.1 Å². The Balaban J connectivity index is 0.715. The highest BCUT2D eigenvalue weighted by Crippen LogP contribution is 2.32. The summed E-state index contributed by atoms with van der Waals surface area (Å²) < 4.78 is 3.10. The van der Waals surface area contributed by atoms with Crippen LogP contribution in [0.4, 0.5) is 23.0 Å². The number of amides is 6. The molecule has 0 radical (unpaired) electrons. The van der Waals surface area contributed by atoms with E-state index in [9.17, 15) is 38.7 Å². The van der Waals surface area contributed by atoms with E-state index in [1.165, 1.54) is 16.9 Å². The zero-order chi connectivity index (χ0) is 49.5. The van der Waals surface area contributed by atoms with Gasteiger partial charge in [-0.15, -0.1) is 6.58 Å². The van der Waals surface area contributed by atoms with Crippen molar-refractivity contribution in [3.63, 3.8) is 0 Å². The molecule has 5 aromatic rings. The van der Waals surface area contributed by atoms with Crippen LogP contribution in [0.2, 0.25) is 0 Å². The lowest BCUT2D eigenvalue weighted by molar-refractivity contribution is -0.136. The lowest BCUT2D eigenvalue weighted by atomic mass is 10.0. The quantitative estimate of drug-likeness (QED) is 0.0372. The first-order valence-corrected chi connectivity index (χ1v) is 23.5. The molecule has 0 bridgehead atoms. The molecule has 3 aliphatic rings. The van der Waals surface area contributed by atoms with Gasteiger partial charge in [0.15, 0.2) is 11.5 Å². The van der Waals surface area contributed by atoms with E-state index in [-0.39, 0.29) is 67.4 Å². The fourth-order valence-electron chi connectivity index (χ4n) is 8.78. The van der Waals surface area contributed by atoms with E-state index in [4.69, 9.17) is 4.98 Å². The Morgan fingerprint density at radius 1 is 0.871 bits per heavy atom. The van der Waals surface area contributed by atoms with E-state index in [1.54, 1.807) is 54.9 Å². The number of piperazine rings is 1. The first-order chi connectivity index (χ1) is 33.7. The average Bonchev–Trinajstić information content (AvgIpc) is 3.76. The number of hydrogen-bond acceptors (Lipinski definition) is 15. The number of hydrogen-bond donors (Lipinski definition) is 6. The van der Waals surface area contributed by atoms with Gasteiger partial charge in [-0.3, -0.25) is 48.7 Å². The molecule has 0 aliphatic carbocycles. The number of carbonyl (C=O) groups is 6. The molecule has 21 nitrogen and oxygen atoms in total. The average molecular weight is 956 g/mol. The zero-order valence-corrected chi connectivity index (χ0v) is 39.2. The Morgan fingerprint density at radius 3 is 2.33 bits per heavy atom. The van der Waals surface area contributed by atoms with E-state index >= 15 is 0 Å². The van der Waals surface area contributed by atoms with Gasteiger partial charge in [0.2, 0.25) is 29.6 Å². The minimum Gasteiger partial charge on any atom is -0.384 e. The van der Waals surface area contributed by atoms with Crippen LogP contribution in [0.5, 0.6) is 0 Å². The standard InChI is InChI=1S/C49H57N13O8/c1-4-24-60-45(67)34-30-53-48(57-43(34)62(60)38-12-6-11-37(55-38)49(2,3)70)54-31-15-17-32(18-16-31)59-28-26-58(27-29-59)25-8-14-40(64)51-21-7-13-39(63)52-23-22-50-35-10-5-9-33-42(35)47(69)61(46(33)68)36-19-20-41(65)56-44(36)66/h4-6,9-12,15-18,30,36,50,70H,1,7-8,13-14,19-29H2,2-3H3,(H,51,64)(H,52,63)(H,53,54,57)(H,56,65,66). The molecule has 366 valence electrons. The van der Waals surface area contributed by atoms with Crippen molar-refractivity contribution < 1.29 is 33.9 Å². The molecule has 3 aromatic heterocycles. The SMILES string of the molecule is C=CCn1c(=O)c2cnc(Nc3ccc(N4CCN(CCCC(=O)NCCCC(=O)NCCNc5cccc6c5C(=O)N(C5CCC(=O)NC5=O)C6=O)CC4)cc3)nc2n1-c1cccc(C(C)(C)O)n1. The number of piperidine rings is 1. The summed E-state index contributed by atoms with van der Waals surface area (Å²) >= 11 is 0. The summed E-state index contributed by atoms with van der Waals surface area (Å²) in [6.07, 6.45) is 5.01. The number of aromatic nitrogens is 5. The highest BCUT2D eigenvalue weighted by Gasteiger charge is 2.45. The van der Waals surface area contributed by atoms with Crippen molar-refractivity contribution in [3.8, 4) is 5.82 Å². The molecule has 0 saturated carbocycles. The van der Waals surface area contributed by atoms with Crippen molar-refractivity contribution in [2.45, 2.75) is 70.6 Å². The van der Waals surface area contributed by atoms with Gasteiger partial charge in [0.25, 0.3) is 17.4 Å². The molecule has 0 spiro atoms. The number of carbonyl (C=O) groups excluding carboxylic acids is 6. The second-order valence-corrected chi connectivity index (χ2v) is 17.9. The molecule has 6 amide bonds. The third-order valence-corrected chi connectivity index (χ3v) is 12.4. The number of fused-ring (bicyclic) bond motifs is 2. The van der Waals surface area contributed by atoms with E-state index < -0.39 is 35.3 Å². The van der Waals surface area contributed by atoms with Gasteiger partial charge in [-0.2, -0.15) is 4.98 Å². The maximum Gasteiger partial charge on any atom is 0.278 e. The van der Waals surface area contributed by atoms with Gasteiger partial charge >= 0.3 is 0 Å². The summed E-state index contributed by atoms with van der Waals surface area (Å²) in [7, 11) is 0. The Kier molecular flexibility index (Phi) is 14.8. The molecule has 2 saturated heterocycles. The normalized spacial score (nSPS) is 16.3. The van der Waals surface area contributed by atoms with Crippen LogP contribution in [-0.4, -0.2) is 133 Å². The van der Waals surface area contributed by atoms with Crippen molar-refractivity contribution in [1.29, 1.82) is 0 Å². The number of aliphatic hydroxyl groups is 1. The third kappa shape index (κ3) is 10.9. The van der Waals surface area contributed by atoms with Gasteiger partial charge in [-0.1, -0.05) is 18.2 Å². The van der Waals surface area contributed by atoms with Crippen LogP contribution in [0.1, 0.15) is 78.8 Å². The largest absolute Gasteiger partial charge is 0.384 e. The minimum absolute atomic E-state index is 0.0326. The molecule has 2 fully saturated rings. The molecule has 2 aromatic carbocycles. The number of anilines is 4. The monoisotopic (exact) mass is 955 g/mol. The fourth-order valence-corrected chi connectivity index (χ4v) is 8.78. The molecule has 6 heterocycles. The van der Waals surface area contributed by atoms with Crippen LogP contribution in [0.15, 0.2) is 84.3 Å². The molecule has 70 heavy (non-hydrogen) atoms. The first-order valence-electron chi connectivity index (χ1n) is 23.5. The number of allylic oxidation sites excluding steroid dienone is 1. The molecule has 1 unspecified atom stereocenters. The van der Waals surface area contributed by atoms with E-state index in [2.05, 4.69) is 52.9 Å². The number of nitrogens with one attached hydrogen (secondary N) is 5. The minimum atomic E-state index is -1.19. The first kappa shape index (κ1) is 48.7. The van der Waals surface area contributed by atoms with Gasteiger partial charge in [-0.05, 0) is 88.2 Å². The Labute approximate surface area is 403 Å². The molecule has 6 N–H and O–H groups in total. The number of rotatable bonds is 20. The van der Waals surface area contributed by atoms with Crippen LogP contribution in [-0.2, 0) is 31.3 Å². The highest BCUT2D eigenvalue weighted by molar-refractivity contribution is 6.25. The Bertz CT molecular complexity index is 2880. The maximum atomic E-state index is 13.4. The molecule has 3 aliphatic heterocycles. The van der Waals surface area contributed by atoms with E-state index in [1.807, 2.05) is 24.3 Å². The number of pyridine rings is 1. The summed E-state index contributed by atoms with van der Waals surface area (Å²) in [5.74, 6) is -1.84. The molecular formula is C49H57N13O8. The number of imide groups is 2. The smallest absolute Gasteiger partial charge is 0.278 e. The van der Waals surface area contributed by atoms with Crippen LogP contribution < -0.4 is 37.0 Å². The highest BCUT2D eigenvalue weighted by atomic mass is 16.3. The van der Waals surface area contributed by atoms with Crippen molar-refractivity contribution in [2.24, 2.45) is 0 Å². The van der Waals surface area contributed by atoms with Gasteiger partial charge in [-0.25, -0.2) is 19.3 Å². The van der Waals surface area contributed by atoms with Crippen molar-refractivity contribution in [2.75, 3.05) is 67.9 Å². The second-order valence-electron chi connectivity index (χ2n) is 17.9. The summed E-state index contributed by atoms with van der Waals surface area (Å²) in [6.45, 7) is 12.4. The Morgan fingerprint density at radius 2 is 1.60 bits per heavy atom. The third-order valence-electron chi connectivity index (χ3n) is 12.4. The van der Waals surface area contributed by atoms with E-state index in [0.29, 0.717) is 60.0 Å².